The van der Waals surface area contributed by atoms with Crippen molar-refractivity contribution < 1.29 is 13.5 Å². The zero-order chi connectivity index (χ0) is 10.4. The van der Waals surface area contributed by atoms with E-state index in [0.29, 0.717) is 5.75 Å². The molecule has 1 unspecified atom stereocenters. The van der Waals surface area contributed by atoms with E-state index in [1.54, 1.807) is 6.07 Å². The number of halogens is 2. The Labute approximate surface area is 79.9 Å². The second-order valence-electron chi connectivity index (χ2n) is 3.44. The summed E-state index contributed by atoms with van der Waals surface area (Å²) in [5.74, 6) is -2.30. The van der Waals surface area contributed by atoms with Crippen molar-refractivity contribution in [3.8, 4) is 5.75 Å². The monoisotopic (exact) mass is 200 g/mol. The highest BCUT2D eigenvalue weighted by Crippen LogP contribution is 2.56. The van der Waals surface area contributed by atoms with Crippen LogP contribution >= 0.6 is 0 Å². The molecule has 0 saturated heterocycles. The summed E-state index contributed by atoms with van der Waals surface area (Å²) >= 11 is 0. The smallest absolute Gasteiger partial charge is 0.273 e. The predicted molar refractivity (Wildman–Crippen MR) is 46.2 cm³/mol. The summed E-state index contributed by atoms with van der Waals surface area (Å²) in [6.07, 6.45) is 1.05. The van der Waals surface area contributed by atoms with Crippen LogP contribution in [0.15, 0.2) is 18.3 Å². The summed E-state index contributed by atoms with van der Waals surface area (Å²) in [5.41, 5.74) is 4.13. The summed E-state index contributed by atoms with van der Waals surface area (Å²) in [5, 5.41) is 0. The fraction of sp³-hybridized carbons (Fsp3) is 0.444. The van der Waals surface area contributed by atoms with Crippen LogP contribution in [-0.4, -0.2) is 18.0 Å². The Balaban J connectivity index is 2.27. The van der Waals surface area contributed by atoms with Crippen molar-refractivity contribution in [3.63, 3.8) is 0 Å². The van der Waals surface area contributed by atoms with E-state index in [2.05, 4.69) is 4.98 Å². The fourth-order valence-corrected chi connectivity index (χ4v) is 1.35. The third-order valence-corrected chi connectivity index (χ3v) is 2.46. The molecule has 0 aliphatic heterocycles. The number of hydrogen-bond acceptors (Lipinski definition) is 3. The minimum Gasteiger partial charge on any atom is -0.495 e. The Morgan fingerprint density at radius 1 is 1.50 bits per heavy atom. The minimum atomic E-state index is -2.82. The van der Waals surface area contributed by atoms with Crippen molar-refractivity contribution in [2.75, 3.05) is 7.11 Å². The molecule has 1 aromatic heterocycles. The summed E-state index contributed by atoms with van der Waals surface area (Å²) in [6, 6.07) is 3.05. The second-order valence-corrected chi connectivity index (χ2v) is 3.44. The maximum atomic E-state index is 12.9. The summed E-state index contributed by atoms with van der Waals surface area (Å²) in [6.45, 7) is 0. The molecule has 1 aromatic rings. The van der Waals surface area contributed by atoms with E-state index in [4.69, 9.17) is 10.5 Å². The van der Waals surface area contributed by atoms with Gasteiger partial charge in [0.05, 0.1) is 19.0 Å². The van der Waals surface area contributed by atoms with Gasteiger partial charge in [-0.05, 0) is 12.1 Å². The molecule has 0 bridgehead atoms. The number of ether oxygens (including phenoxy) is 1. The fourth-order valence-electron chi connectivity index (χ4n) is 1.35. The summed E-state index contributed by atoms with van der Waals surface area (Å²) in [7, 11) is 1.49. The quantitative estimate of drug-likeness (QED) is 0.782. The highest BCUT2D eigenvalue weighted by atomic mass is 19.3. The first-order valence-corrected chi connectivity index (χ1v) is 4.17. The average Bonchev–Trinajstić information content (AvgIpc) is 2.68. The van der Waals surface area contributed by atoms with Crippen molar-refractivity contribution in [2.45, 2.75) is 17.9 Å². The van der Waals surface area contributed by atoms with E-state index in [1.807, 2.05) is 0 Å². The highest BCUT2D eigenvalue weighted by Gasteiger charge is 2.70. The SMILES string of the molecule is COc1ccc(C2(N)CC2(F)F)nc1. The normalized spacial score (nSPS) is 28.6. The Hall–Kier alpha value is -1.23. The number of aromatic nitrogens is 1. The van der Waals surface area contributed by atoms with Crippen LogP contribution in [0.4, 0.5) is 8.78 Å². The molecule has 1 fully saturated rings. The molecular weight excluding hydrogens is 190 g/mol. The third kappa shape index (κ3) is 1.16. The third-order valence-electron chi connectivity index (χ3n) is 2.46. The molecule has 0 spiro atoms. The molecule has 76 valence electrons. The number of nitrogens with zero attached hydrogens (tertiary/aromatic N) is 1. The molecule has 1 atom stereocenters. The molecule has 1 aliphatic rings. The van der Waals surface area contributed by atoms with E-state index < -0.39 is 11.5 Å². The lowest BCUT2D eigenvalue weighted by Gasteiger charge is -2.09. The van der Waals surface area contributed by atoms with Gasteiger partial charge in [-0.25, -0.2) is 8.78 Å². The molecule has 1 heterocycles. The molecule has 0 aromatic carbocycles. The molecule has 1 saturated carbocycles. The zero-order valence-electron chi connectivity index (χ0n) is 7.63. The van der Waals surface area contributed by atoms with Gasteiger partial charge in [0.15, 0.2) is 0 Å². The van der Waals surface area contributed by atoms with E-state index >= 15 is 0 Å². The van der Waals surface area contributed by atoms with Gasteiger partial charge in [0.1, 0.15) is 11.3 Å². The Morgan fingerprint density at radius 3 is 2.50 bits per heavy atom. The lowest BCUT2D eigenvalue weighted by Crippen LogP contribution is -2.28. The number of hydrogen-bond donors (Lipinski definition) is 1. The Morgan fingerprint density at radius 2 is 2.14 bits per heavy atom. The van der Waals surface area contributed by atoms with Crippen LogP contribution in [0.3, 0.4) is 0 Å². The van der Waals surface area contributed by atoms with Crippen LogP contribution < -0.4 is 10.5 Å². The van der Waals surface area contributed by atoms with Gasteiger partial charge in [0.25, 0.3) is 5.92 Å². The minimum absolute atomic E-state index is 0.211. The molecule has 1 aliphatic carbocycles. The zero-order valence-corrected chi connectivity index (χ0v) is 7.63. The van der Waals surface area contributed by atoms with Gasteiger partial charge < -0.3 is 10.5 Å². The van der Waals surface area contributed by atoms with Gasteiger partial charge in [0.2, 0.25) is 0 Å². The molecule has 5 heteroatoms. The van der Waals surface area contributed by atoms with Crippen molar-refractivity contribution in [2.24, 2.45) is 5.73 Å². The first-order valence-electron chi connectivity index (χ1n) is 4.17. The summed E-state index contributed by atoms with van der Waals surface area (Å²) in [4.78, 5) is 3.85. The number of rotatable bonds is 2. The van der Waals surface area contributed by atoms with Gasteiger partial charge >= 0.3 is 0 Å². The molecule has 0 amide bonds. The number of methoxy groups -OCH3 is 1. The maximum absolute atomic E-state index is 12.9. The Bertz CT molecular complexity index is 352. The van der Waals surface area contributed by atoms with Crippen LogP contribution in [0, 0.1) is 0 Å². The van der Waals surface area contributed by atoms with Crippen molar-refractivity contribution in [1.29, 1.82) is 0 Å². The van der Waals surface area contributed by atoms with Crippen LogP contribution in [0.5, 0.6) is 5.75 Å². The van der Waals surface area contributed by atoms with Crippen molar-refractivity contribution >= 4 is 0 Å². The molecule has 3 nitrogen and oxygen atoms in total. The van der Waals surface area contributed by atoms with Gasteiger partial charge in [0, 0.05) is 6.42 Å². The van der Waals surface area contributed by atoms with Crippen LogP contribution in [0.1, 0.15) is 12.1 Å². The van der Waals surface area contributed by atoms with E-state index in [9.17, 15) is 8.78 Å². The van der Waals surface area contributed by atoms with Gasteiger partial charge in [-0.2, -0.15) is 0 Å². The number of nitrogens with two attached hydrogens (primary N) is 1. The second kappa shape index (κ2) is 2.63. The first kappa shape index (κ1) is 9.33. The van der Waals surface area contributed by atoms with E-state index in [1.165, 1.54) is 19.4 Å². The van der Waals surface area contributed by atoms with Gasteiger partial charge in [-0.15, -0.1) is 0 Å². The Kier molecular flexibility index (Phi) is 1.75. The van der Waals surface area contributed by atoms with E-state index in [-0.39, 0.29) is 12.1 Å². The lowest BCUT2D eigenvalue weighted by atomic mass is 10.1. The molecule has 0 radical (unpaired) electrons. The molecule has 14 heavy (non-hydrogen) atoms. The maximum Gasteiger partial charge on any atom is 0.273 e. The van der Waals surface area contributed by atoms with Crippen LogP contribution in [0.25, 0.3) is 0 Å². The molecular formula is C9H10F2N2O. The van der Waals surface area contributed by atoms with E-state index in [0.717, 1.165) is 0 Å². The lowest BCUT2D eigenvalue weighted by molar-refractivity contribution is 0.0881. The number of pyridine rings is 1. The topological polar surface area (TPSA) is 48.1 Å². The van der Waals surface area contributed by atoms with Crippen molar-refractivity contribution in [3.05, 3.63) is 24.0 Å². The average molecular weight is 200 g/mol. The van der Waals surface area contributed by atoms with Crippen LogP contribution in [-0.2, 0) is 5.54 Å². The highest BCUT2D eigenvalue weighted by molar-refractivity contribution is 5.33. The van der Waals surface area contributed by atoms with Crippen LogP contribution in [0.2, 0.25) is 0 Å². The predicted octanol–water partition coefficient (Wildman–Crippen LogP) is 1.28. The van der Waals surface area contributed by atoms with Crippen molar-refractivity contribution in [1.82, 2.24) is 4.98 Å². The standard InChI is InChI=1S/C9H10F2N2O/c1-14-6-2-3-7(13-4-6)8(12)5-9(8,10)11/h2-4H,5,12H2,1H3. The molecule has 2 rings (SSSR count). The largest absolute Gasteiger partial charge is 0.495 e. The van der Waals surface area contributed by atoms with Gasteiger partial charge in [-0.1, -0.05) is 0 Å². The summed E-state index contributed by atoms with van der Waals surface area (Å²) < 4.78 is 30.6. The molecule has 2 N–H and O–H groups in total. The number of alkyl halides is 2. The first-order chi connectivity index (χ1) is 6.49. The van der Waals surface area contributed by atoms with Gasteiger partial charge in [-0.3, -0.25) is 4.98 Å².